The van der Waals surface area contributed by atoms with Crippen LogP contribution < -0.4 is 4.74 Å². The smallest absolute Gasteiger partial charge is 0.257 e. The minimum absolute atomic E-state index is 0.00834. The van der Waals surface area contributed by atoms with Crippen LogP contribution in [0.15, 0.2) is 23.1 Å². The number of sulfone groups is 1. The summed E-state index contributed by atoms with van der Waals surface area (Å²) in [4.78, 5) is 14.3. The molecule has 1 amide bonds. The van der Waals surface area contributed by atoms with E-state index in [1.54, 1.807) is 0 Å². The number of carbonyl (C=O) groups is 1. The van der Waals surface area contributed by atoms with Crippen molar-refractivity contribution in [3.8, 4) is 5.75 Å². The number of amides is 1. The molecule has 1 atom stereocenters. The average molecular weight is 433 g/mol. The summed E-state index contributed by atoms with van der Waals surface area (Å²) in [6.07, 6.45) is 0.360. The number of hydrogen-bond donors (Lipinski definition) is 0. The van der Waals surface area contributed by atoms with Gasteiger partial charge in [-0.1, -0.05) is 0 Å². The van der Waals surface area contributed by atoms with Crippen molar-refractivity contribution in [2.45, 2.75) is 17.4 Å². The molecule has 1 aromatic rings. The molecule has 0 aliphatic carbocycles. The fraction of sp³-hybridized carbons (Fsp3) is 0.588. The predicted molar refractivity (Wildman–Crippen MR) is 102 cm³/mol. The highest BCUT2D eigenvalue weighted by Gasteiger charge is 2.34. The number of ether oxygens (including phenoxy) is 2. The second kappa shape index (κ2) is 7.97. The Morgan fingerprint density at radius 2 is 1.96 bits per heavy atom. The summed E-state index contributed by atoms with van der Waals surface area (Å²) in [5.41, 5.74) is 0.0867. The molecule has 2 fully saturated rings. The summed E-state index contributed by atoms with van der Waals surface area (Å²) >= 11 is 0. The van der Waals surface area contributed by atoms with Crippen LogP contribution in [0.1, 0.15) is 16.8 Å². The lowest BCUT2D eigenvalue weighted by atomic mass is 10.1. The van der Waals surface area contributed by atoms with Gasteiger partial charge in [-0.3, -0.25) is 4.79 Å². The Morgan fingerprint density at radius 3 is 2.54 bits per heavy atom. The Kier molecular flexibility index (Phi) is 5.99. The summed E-state index contributed by atoms with van der Waals surface area (Å²) in [6.45, 7) is 1.13. The van der Waals surface area contributed by atoms with E-state index in [2.05, 4.69) is 0 Å². The van der Waals surface area contributed by atoms with Crippen molar-refractivity contribution in [3.63, 3.8) is 0 Å². The van der Waals surface area contributed by atoms with E-state index in [9.17, 15) is 21.6 Å². The monoisotopic (exact) mass is 432 g/mol. The summed E-state index contributed by atoms with van der Waals surface area (Å²) in [5, 5.41) is 0. The SMILES string of the molecule is COc1ccc(S(=O)(=O)N2CCOCC2)cc1C(=O)N(C)C1CCS(=O)(=O)C1. The molecule has 2 saturated heterocycles. The van der Waals surface area contributed by atoms with Crippen LogP contribution >= 0.6 is 0 Å². The predicted octanol–water partition coefficient (Wildman–Crippen LogP) is -0.0248. The molecule has 9 nitrogen and oxygen atoms in total. The van der Waals surface area contributed by atoms with E-state index in [1.165, 1.54) is 41.6 Å². The summed E-state index contributed by atoms with van der Waals surface area (Å²) in [6, 6.07) is 3.70. The standard InChI is InChI=1S/C17H24N2O7S2/c1-18(13-5-10-27(21,22)12-13)17(20)15-11-14(3-4-16(15)25-2)28(23,24)19-6-8-26-9-7-19/h3-4,11,13H,5-10,12H2,1-2H3. The number of benzene rings is 1. The van der Waals surface area contributed by atoms with Crippen molar-refractivity contribution in [2.75, 3.05) is 52.0 Å². The highest BCUT2D eigenvalue weighted by Crippen LogP contribution is 2.27. The van der Waals surface area contributed by atoms with Gasteiger partial charge in [-0.05, 0) is 24.6 Å². The number of methoxy groups -OCH3 is 1. The second-order valence-electron chi connectivity index (χ2n) is 6.85. The van der Waals surface area contributed by atoms with E-state index >= 15 is 0 Å². The number of rotatable bonds is 5. The van der Waals surface area contributed by atoms with Gasteiger partial charge in [-0.2, -0.15) is 4.31 Å². The van der Waals surface area contributed by atoms with E-state index in [0.717, 1.165) is 0 Å². The van der Waals surface area contributed by atoms with Gasteiger partial charge in [0, 0.05) is 26.2 Å². The van der Waals surface area contributed by atoms with Gasteiger partial charge in [0.1, 0.15) is 5.75 Å². The molecule has 11 heteroatoms. The first-order valence-corrected chi connectivity index (χ1v) is 12.2. The molecule has 2 aliphatic heterocycles. The molecule has 0 saturated carbocycles. The fourth-order valence-corrected chi connectivity index (χ4v) is 6.60. The summed E-state index contributed by atoms with van der Waals surface area (Å²) in [7, 11) is -4.02. The largest absolute Gasteiger partial charge is 0.496 e. The Bertz CT molecular complexity index is 954. The molecule has 1 aromatic carbocycles. The number of carbonyl (C=O) groups excluding carboxylic acids is 1. The van der Waals surface area contributed by atoms with Crippen LogP contribution in [0, 0.1) is 0 Å². The van der Waals surface area contributed by atoms with Crippen molar-refractivity contribution in [1.29, 1.82) is 0 Å². The number of hydrogen-bond acceptors (Lipinski definition) is 7. The first-order valence-electron chi connectivity index (χ1n) is 8.89. The minimum Gasteiger partial charge on any atom is -0.496 e. The summed E-state index contributed by atoms with van der Waals surface area (Å²) in [5.74, 6) is -0.294. The van der Waals surface area contributed by atoms with Gasteiger partial charge >= 0.3 is 0 Å². The zero-order valence-corrected chi connectivity index (χ0v) is 17.5. The van der Waals surface area contributed by atoms with Crippen LogP contribution in [-0.4, -0.2) is 90.0 Å². The molecular weight excluding hydrogens is 408 g/mol. The fourth-order valence-electron chi connectivity index (χ4n) is 3.39. The van der Waals surface area contributed by atoms with Gasteiger partial charge in [0.15, 0.2) is 9.84 Å². The molecule has 1 unspecified atom stereocenters. The molecule has 0 aromatic heterocycles. The first-order chi connectivity index (χ1) is 13.2. The van der Waals surface area contributed by atoms with Crippen molar-refractivity contribution in [2.24, 2.45) is 0 Å². The third-order valence-corrected chi connectivity index (χ3v) is 8.73. The third-order valence-electron chi connectivity index (χ3n) is 5.09. The van der Waals surface area contributed by atoms with Gasteiger partial charge < -0.3 is 14.4 Å². The summed E-state index contributed by atoms with van der Waals surface area (Å²) < 4.78 is 61.0. The van der Waals surface area contributed by atoms with Crippen LogP contribution in [-0.2, 0) is 24.6 Å². The van der Waals surface area contributed by atoms with Crippen molar-refractivity contribution < 1.29 is 31.1 Å². The minimum atomic E-state index is -3.78. The number of morpholine rings is 1. The molecule has 156 valence electrons. The van der Waals surface area contributed by atoms with E-state index in [-0.39, 0.29) is 40.8 Å². The van der Waals surface area contributed by atoms with Crippen LogP contribution in [0.3, 0.4) is 0 Å². The van der Waals surface area contributed by atoms with E-state index in [4.69, 9.17) is 9.47 Å². The van der Waals surface area contributed by atoms with Gasteiger partial charge in [-0.15, -0.1) is 0 Å². The van der Waals surface area contributed by atoms with Crippen LogP contribution in [0.2, 0.25) is 0 Å². The van der Waals surface area contributed by atoms with Crippen LogP contribution in [0.5, 0.6) is 5.75 Å². The Balaban J connectivity index is 1.92. The Labute approximate surface area is 165 Å². The van der Waals surface area contributed by atoms with E-state index in [1.807, 2.05) is 0 Å². The highest BCUT2D eigenvalue weighted by atomic mass is 32.2. The van der Waals surface area contributed by atoms with Crippen molar-refractivity contribution >= 4 is 25.8 Å². The maximum absolute atomic E-state index is 13.0. The Hall–Kier alpha value is -1.69. The molecule has 28 heavy (non-hydrogen) atoms. The highest BCUT2D eigenvalue weighted by molar-refractivity contribution is 7.91. The van der Waals surface area contributed by atoms with Crippen molar-refractivity contribution in [3.05, 3.63) is 23.8 Å². The van der Waals surface area contributed by atoms with Crippen molar-refractivity contribution in [1.82, 2.24) is 9.21 Å². The first kappa shape index (κ1) is 21.0. The van der Waals surface area contributed by atoms with Gasteiger partial charge in [0.2, 0.25) is 10.0 Å². The molecule has 0 radical (unpaired) electrons. The van der Waals surface area contributed by atoms with Gasteiger partial charge in [0.25, 0.3) is 5.91 Å². The molecule has 0 spiro atoms. The van der Waals surface area contributed by atoms with Gasteiger partial charge in [-0.25, -0.2) is 16.8 Å². The second-order valence-corrected chi connectivity index (χ2v) is 11.0. The lowest BCUT2D eigenvalue weighted by Gasteiger charge is -2.27. The quantitative estimate of drug-likeness (QED) is 0.643. The molecule has 0 N–H and O–H groups in total. The van der Waals surface area contributed by atoms with Crippen LogP contribution in [0.25, 0.3) is 0 Å². The molecular formula is C17H24N2O7S2. The maximum atomic E-state index is 13.0. The van der Waals surface area contributed by atoms with E-state index in [0.29, 0.717) is 19.6 Å². The maximum Gasteiger partial charge on any atom is 0.257 e. The number of nitrogens with zero attached hydrogens (tertiary/aromatic N) is 2. The van der Waals surface area contributed by atoms with Gasteiger partial charge in [0.05, 0.1) is 42.3 Å². The lowest BCUT2D eigenvalue weighted by molar-refractivity contribution is 0.0728. The normalized spacial score (nSPS) is 22.7. The topological polar surface area (TPSA) is 110 Å². The zero-order chi connectivity index (χ0) is 20.5. The molecule has 2 aliphatic rings. The lowest BCUT2D eigenvalue weighted by Crippen LogP contribution is -2.41. The zero-order valence-electron chi connectivity index (χ0n) is 15.8. The average Bonchev–Trinajstić information content (AvgIpc) is 3.06. The molecule has 3 rings (SSSR count). The van der Waals surface area contributed by atoms with Crippen LogP contribution in [0.4, 0.5) is 0 Å². The van der Waals surface area contributed by atoms with E-state index < -0.39 is 31.8 Å². The molecule has 0 bridgehead atoms. The number of sulfonamides is 1. The third kappa shape index (κ3) is 4.17. The molecule has 2 heterocycles. The Morgan fingerprint density at radius 1 is 1.29 bits per heavy atom.